The lowest BCUT2D eigenvalue weighted by molar-refractivity contribution is -0.140. The molecule has 1 aromatic heterocycles. The van der Waals surface area contributed by atoms with E-state index in [0.29, 0.717) is 32.2 Å². The number of carboxylic acid groups (broad SMARTS) is 2. The molecule has 3 rings (SSSR count). The summed E-state index contributed by atoms with van der Waals surface area (Å²) >= 11 is 1.45. The van der Waals surface area contributed by atoms with Crippen molar-refractivity contribution in [3.63, 3.8) is 0 Å². The van der Waals surface area contributed by atoms with Gasteiger partial charge in [-0.2, -0.15) is 0 Å². The second-order valence-electron chi connectivity index (χ2n) is 10.7. The van der Waals surface area contributed by atoms with Crippen LogP contribution in [0.5, 0.6) is 0 Å². The maximum Gasteiger partial charge on any atom is 0.326 e. The molecule has 2 heterocycles. The molecule has 0 radical (unpaired) electrons. The molecule has 0 saturated carbocycles. The number of aromatic nitrogens is 1. The number of urea groups is 1. The highest BCUT2D eigenvalue weighted by molar-refractivity contribution is 7.14. The number of rotatable bonds is 18. The lowest BCUT2D eigenvalue weighted by atomic mass is 10.1. The first-order valence-corrected chi connectivity index (χ1v) is 15.7. The van der Waals surface area contributed by atoms with Gasteiger partial charge in [-0.3, -0.25) is 9.38 Å². The molecule has 0 saturated heterocycles. The average molecular weight is 649 g/mol. The third-order valence-corrected chi connectivity index (χ3v) is 7.84. The first-order valence-electron chi connectivity index (χ1n) is 14.8. The number of aliphatic hydroxyl groups excluding tert-OH is 1. The number of hydrogen-bond donors (Lipinski definition) is 7. The Labute approximate surface area is 264 Å². The first kappa shape index (κ1) is 35.4. The molecule has 2 aromatic rings. The van der Waals surface area contributed by atoms with E-state index in [4.69, 9.17) is 10.2 Å². The molecule has 2 unspecified atom stereocenters. The van der Waals surface area contributed by atoms with Gasteiger partial charge in [0, 0.05) is 54.5 Å². The van der Waals surface area contributed by atoms with Gasteiger partial charge >= 0.3 is 18.0 Å². The van der Waals surface area contributed by atoms with Crippen LogP contribution in [0.15, 0.2) is 46.5 Å². The number of benzene rings is 1. The van der Waals surface area contributed by atoms with Gasteiger partial charge in [0.1, 0.15) is 12.1 Å². The molecule has 1 aromatic carbocycles. The molecule has 2 amide bonds. The monoisotopic (exact) mass is 648 g/mol. The Balaban J connectivity index is 1.45. The second-order valence-corrected chi connectivity index (χ2v) is 11.5. The van der Waals surface area contributed by atoms with E-state index in [9.17, 15) is 29.0 Å². The number of halogens is 1. The SMILES string of the molecule is CC1=NC(CCCF)=CN(c2ccc(-c3csc(NCCCCC(NC(=O)NC(CCC(O)O)C(=O)O)C(=O)O)n3)cc2)CC1. The molecule has 45 heavy (non-hydrogen) atoms. The van der Waals surface area contributed by atoms with Crippen LogP contribution in [0.4, 0.5) is 20.0 Å². The van der Waals surface area contributed by atoms with Gasteiger partial charge in [-0.25, -0.2) is 19.4 Å². The third-order valence-electron chi connectivity index (χ3n) is 7.04. The van der Waals surface area contributed by atoms with Gasteiger partial charge in [-0.1, -0.05) is 12.1 Å². The fourth-order valence-electron chi connectivity index (χ4n) is 4.60. The average Bonchev–Trinajstić information content (AvgIpc) is 3.39. The Hall–Kier alpha value is -4.08. The zero-order valence-corrected chi connectivity index (χ0v) is 25.9. The molecule has 0 bridgehead atoms. The summed E-state index contributed by atoms with van der Waals surface area (Å²) in [5.41, 5.74) is 4.71. The number of carbonyl (C=O) groups excluding carboxylic acids is 1. The number of aliphatic carboxylic acids is 2. The Morgan fingerprint density at radius 2 is 1.69 bits per heavy atom. The number of alkyl halides is 1. The Morgan fingerprint density at radius 1 is 1.00 bits per heavy atom. The summed E-state index contributed by atoms with van der Waals surface area (Å²) in [5, 5.41) is 46.8. The summed E-state index contributed by atoms with van der Waals surface area (Å²) in [4.78, 5) is 46.5. The summed E-state index contributed by atoms with van der Waals surface area (Å²) in [5.74, 6) is -2.62. The zero-order valence-electron chi connectivity index (χ0n) is 25.1. The van der Waals surface area contributed by atoms with E-state index in [1.807, 2.05) is 42.8 Å². The Kier molecular flexibility index (Phi) is 14.2. The number of aliphatic imine (C=N–C) groups is 1. The van der Waals surface area contributed by atoms with Crippen molar-refractivity contribution >= 4 is 45.8 Å². The van der Waals surface area contributed by atoms with Crippen LogP contribution in [0, 0.1) is 0 Å². The molecule has 15 heteroatoms. The van der Waals surface area contributed by atoms with Crippen molar-refractivity contribution in [2.24, 2.45) is 4.99 Å². The van der Waals surface area contributed by atoms with Gasteiger partial charge in [-0.05, 0) is 57.6 Å². The highest BCUT2D eigenvalue weighted by Crippen LogP contribution is 2.28. The number of allylic oxidation sites excluding steroid dienone is 1. The number of nitrogens with zero attached hydrogens (tertiary/aromatic N) is 3. The van der Waals surface area contributed by atoms with Crippen LogP contribution in [-0.4, -0.2) is 87.2 Å². The molecule has 2 atom stereocenters. The topological polar surface area (TPSA) is 197 Å². The van der Waals surface area contributed by atoms with Gasteiger partial charge < -0.3 is 41.3 Å². The summed E-state index contributed by atoms with van der Waals surface area (Å²) in [6, 6.07) is 4.49. The van der Waals surface area contributed by atoms with E-state index >= 15 is 0 Å². The Bertz CT molecular complexity index is 1330. The van der Waals surface area contributed by atoms with Crippen LogP contribution in [0.1, 0.15) is 58.3 Å². The number of amides is 2. The van der Waals surface area contributed by atoms with Gasteiger partial charge in [-0.15, -0.1) is 11.3 Å². The molecular formula is C30H41FN6O7S. The van der Waals surface area contributed by atoms with Crippen molar-refractivity contribution in [2.45, 2.75) is 76.7 Å². The fourth-order valence-corrected chi connectivity index (χ4v) is 5.35. The largest absolute Gasteiger partial charge is 0.480 e. The van der Waals surface area contributed by atoms with Crippen molar-refractivity contribution in [3.8, 4) is 11.3 Å². The van der Waals surface area contributed by atoms with Crippen molar-refractivity contribution < 1.29 is 39.2 Å². The van der Waals surface area contributed by atoms with E-state index in [1.54, 1.807) is 0 Å². The van der Waals surface area contributed by atoms with E-state index in [0.717, 1.165) is 46.5 Å². The number of nitrogens with one attached hydrogen (secondary N) is 3. The molecule has 13 nitrogen and oxygen atoms in total. The van der Waals surface area contributed by atoms with Crippen molar-refractivity contribution in [1.82, 2.24) is 15.6 Å². The van der Waals surface area contributed by atoms with Crippen LogP contribution in [0.25, 0.3) is 11.3 Å². The molecule has 0 aliphatic carbocycles. The number of carboxylic acids is 2. The van der Waals surface area contributed by atoms with E-state index < -0.39 is 36.3 Å². The maximum atomic E-state index is 12.7. The number of anilines is 2. The van der Waals surface area contributed by atoms with E-state index in [1.165, 1.54) is 11.3 Å². The highest BCUT2D eigenvalue weighted by Gasteiger charge is 2.24. The van der Waals surface area contributed by atoms with Gasteiger partial charge in [0.05, 0.1) is 18.1 Å². The number of hydrogen-bond acceptors (Lipinski definition) is 10. The van der Waals surface area contributed by atoms with Gasteiger partial charge in [0.2, 0.25) is 0 Å². The van der Waals surface area contributed by atoms with Gasteiger partial charge in [0.15, 0.2) is 11.4 Å². The number of unbranched alkanes of at least 4 members (excludes halogenated alkanes) is 1. The molecule has 0 spiro atoms. The summed E-state index contributed by atoms with van der Waals surface area (Å²) < 4.78 is 12.7. The molecule has 1 aliphatic heterocycles. The fraction of sp³-hybridized carbons (Fsp3) is 0.500. The molecule has 246 valence electrons. The maximum absolute atomic E-state index is 12.7. The van der Waals surface area contributed by atoms with Crippen LogP contribution in [0.2, 0.25) is 0 Å². The predicted octanol–water partition coefficient (Wildman–Crippen LogP) is 3.95. The molecule has 0 fully saturated rings. The normalized spacial score (nSPS) is 14.6. The van der Waals surface area contributed by atoms with Crippen LogP contribution < -0.4 is 20.9 Å². The third kappa shape index (κ3) is 12.1. The summed E-state index contributed by atoms with van der Waals surface area (Å²) in [6.45, 7) is 2.94. The van der Waals surface area contributed by atoms with E-state index in [-0.39, 0.29) is 25.9 Å². The van der Waals surface area contributed by atoms with Crippen LogP contribution >= 0.6 is 11.3 Å². The first-order chi connectivity index (χ1) is 21.5. The van der Waals surface area contributed by atoms with Crippen LogP contribution in [0.3, 0.4) is 0 Å². The quantitative estimate of drug-likeness (QED) is 0.0918. The number of thiazole rings is 1. The standard InChI is InChI=1S/C30H41FN6O7S/c1-19-13-16-37(17-21(33-19)5-4-14-31)22-9-7-20(8-10-22)25-18-45-30(36-25)32-15-3-2-6-23(27(40)41)34-29(44)35-24(28(42)43)11-12-26(38)39/h7-10,17-18,23-24,26,38-39H,2-6,11-16H2,1H3,(H,32,36)(H,40,41)(H,42,43)(H2,34,35,44). The van der Waals surface area contributed by atoms with Crippen LogP contribution in [-0.2, 0) is 9.59 Å². The van der Waals surface area contributed by atoms with Gasteiger partial charge in [0.25, 0.3) is 0 Å². The van der Waals surface area contributed by atoms with Crippen molar-refractivity contribution in [1.29, 1.82) is 0 Å². The lowest BCUT2D eigenvalue weighted by Crippen LogP contribution is -2.51. The lowest BCUT2D eigenvalue weighted by Gasteiger charge is -2.20. The molecule has 1 aliphatic rings. The molecule has 7 N–H and O–H groups in total. The smallest absolute Gasteiger partial charge is 0.326 e. The summed E-state index contributed by atoms with van der Waals surface area (Å²) in [7, 11) is 0. The Morgan fingerprint density at radius 3 is 2.33 bits per heavy atom. The minimum absolute atomic E-state index is 0.127. The van der Waals surface area contributed by atoms with E-state index in [2.05, 4.69) is 30.8 Å². The minimum atomic E-state index is -1.72. The highest BCUT2D eigenvalue weighted by atomic mass is 32.1. The number of carbonyl (C=O) groups is 3. The van der Waals surface area contributed by atoms with Crippen molar-refractivity contribution in [3.05, 3.63) is 41.5 Å². The summed E-state index contributed by atoms with van der Waals surface area (Å²) in [6.07, 6.45) is 2.85. The predicted molar refractivity (Wildman–Crippen MR) is 170 cm³/mol. The molecular weight excluding hydrogens is 607 g/mol. The van der Waals surface area contributed by atoms with Crippen molar-refractivity contribution in [2.75, 3.05) is 30.0 Å². The minimum Gasteiger partial charge on any atom is -0.480 e. The zero-order chi connectivity index (χ0) is 32.8. The number of aliphatic hydroxyl groups is 2. The second kappa shape index (κ2) is 18.0.